The lowest BCUT2D eigenvalue weighted by atomic mass is 10.2. The van der Waals surface area contributed by atoms with Gasteiger partial charge < -0.3 is 10.3 Å². The summed E-state index contributed by atoms with van der Waals surface area (Å²) in [7, 11) is 0. The molecule has 23 heavy (non-hydrogen) atoms. The monoisotopic (exact) mass is 310 g/mol. The number of aromatic amines is 1. The number of H-pyrrole nitrogens is 1. The van der Waals surface area contributed by atoms with Gasteiger partial charge in [-0.1, -0.05) is 6.07 Å². The smallest absolute Gasteiger partial charge is 0.269 e. The van der Waals surface area contributed by atoms with Crippen LogP contribution in [0.2, 0.25) is 0 Å². The number of nitrogens with one attached hydrogen (secondary N) is 2. The first kappa shape index (κ1) is 14.7. The van der Waals surface area contributed by atoms with Crippen LogP contribution in [0.15, 0.2) is 42.5 Å². The van der Waals surface area contributed by atoms with Gasteiger partial charge in [0.2, 0.25) is 0 Å². The molecule has 1 heterocycles. The van der Waals surface area contributed by atoms with Crippen molar-refractivity contribution in [3.05, 3.63) is 69.5 Å². The SMILES string of the molecule is Cc1ccc2nc(CNC(=O)c3ccc([N+](=O)[O-])cc3)[nH]c2c1. The van der Waals surface area contributed by atoms with Crippen LogP contribution in [0, 0.1) is 17.0 Å². The maximum absolute atomic E-state index is 12.0. The molecule has 0 fully saturated rings. The first-order valence-electron chi connectivity index (χ1n) is 7.01. The van der Waals surface area contributed by atoms with Gasteiger partial charge >= 0.3 is 0 Å². The molecule has 1 amide bonds. The van der Waals surface area contributed by atoms with Crippen molar-refractivity contribution in [1.82, 2.24) is 15.3 Å². The molecular weight excluding hydrogens is 296 g/mol. The normalized spacial score (nSPS) is 10.7. The number of benzene rings is 2. The number of hydrogen-bond acceptors (Lipinski definition) is 4. The average Bonchev–Trinajstić information content (AvgIpc) is 2.94. The second-order valence-electron chi connectivity index (χ2n) is 5.19. The number of rotatable bonds is 4. The fourth-order valence-electron chi connectivity index (χ4n) is 2.26. The summed E-state index contributed by atoms with van der Waals surface area (Å²) in [6.45, 7) is 2.25. The molecule has 7 heteroatoms. The molecule has 2 N–H and O–H groups in total. The van der Waals surface area contributed by atoms with E-state index in [4.69, 9.17) is 0 Å². The van der Waals surface area contributed by atoms with E-state index in [1.54, 1.807) is 0 Å². The molecule has 2 aromatic carbocycles. The molecule has 3 rings (SSSR count). The van der Waals surface area contributed by atoms with E-state index in [1.165, 1.54) is 24.3 Å². The molecule has 3 aromatic rings. The Morgan fingerprint density at radius 2 is 2.00 bits per heavy atom. The highest BCUT2D eigenvalue weighted by Gasteiger charge is 2.10. The molecule has 0 spiro atoms. The molecule has 116 valence electrons. The Bertz CT molecular complexity index is 884. The van der Waals surface area contributed by atoms with Crippen LogP contribution >= 0.6 is 0 Å². The Morgan fingerprint density at radius 1 is 1.26 bits per heavy atom. The second-order valence-corrected chi connectivity index (χ2v) is 5.19. The predicted octanol–water partition coefficient (Wildman–Crippen LogP) is 2.71. The van der Waals surface area contributed by atoms with Gasteiger partial charge in [-0.15, -0.1) is 0 Å². The summed E-state index contributed by atoms with van der Waals surface area (Å²) in [5.41, 5.74) is 3.21. The van der Waals surface area contributed by atoms with Crippen molar-refractivity contribution < 1.29 is 9.72 Å². The Balaban J connectivity index is 1.68. The highest BCUT2D eigenvalue weighted by molar-refractivity contribution is 5.94. The van der Waals surface area contributed by atoms with E-state index in [0.717, 1.165) is 16.6 Å². The average molecular weight is 310 g/mol. The minimum absolute atomic E-state index is 0.0470. The fourth-order valence-corrected chi connectivity index (χ4v) is 2.26. The van der Waals surface area contributed by atoms with Crippen LogP contribution in [-0.2, 0) is 6.54 Å². The van der Waals surface area contributed by atoms with Crippen molar-refractivity contribution in [2.45, 2.75) is 13.5 Å². The second kappa shape index (κ2) is 5.88. The third kappa shape index (κ3) is 3.18. The summed E-state index contributed by atoms with van der Waals surface area (Å²) in [5, 5.41) is 13.3. The van der Waals surface area contributed by atoms with Gasteiger partial charge in [0, 0.05) is 17.7 Å². The van der Waals surface area contributed by atoms with E-state index in [-0.39, 0.29) is 18.1 Å². The zero-order chi connectivity index (χ0) is 16.4. The lowest BCUT2D eigenvalue weighted by molar-refractivity contribution is -0.384. The molecule has 0 unspecified atom stereocenters. The number of nitrogens with zero attached hydrogens (tertiary/aromatic N) is 2. The summed E-state index contributed by atoms with van der Waals surface area (Å²) in [6.07, 6.45) is 0. The number of nitro groups is 1. The van der Waals surface area contributed by atoms with Gasteiger partial charge in [-0.3, -0.25) is 14.9 Å². The largest absolute Gasteiger partial charge is 0.345 e. The van der Waals surface area contributed by atoms with Crippen molar-refractivity contribution >= 4 is 22.6 Å². The Hall–Kier alpha value is -3.22. The van der Waals surface area contributed by atoms with Crippen LogP contribution < -0.4 is 5.32 Å². The number of nitro benzene ring substituents is 1. The van der Waals surface area contributed by atoms with Crippen molar-refractivity contribution in [3.8, 4) is 0 Å². The number of carbonyl (C=O) groups excluding carboxylic acids is 1. The third-order valence-corrected chi connectivity index (χ3v) is 3.44. The maximum Gasteiger partial charge on any atom is 0.269 e. The topological polar surface area (TPSA) is 101 Å². The first-order valence-corrected chi connectivity index (χ1v) is 7.01. The van der Waals surface area contributed by atoms with Gasteiger partial charge in [-0.25, -0.2) is 4.98 Å². The Kier molecular flexibility index (Phi) is 3.76. The van der Waals surface area contributed by atoms with Crippen LogP contribution in [0.25, 0.3) is 11.0 Å². The van der Waals surface area contributed by atoms with Gasteiger partial charge in [-0.05, 0) is 36.8 Å². The van der Waals surface area contributed by atoms with Crippen LogP contribution in [0.4, 0.5) is 5.69 Å². The summed E-state index contributed by atoms with van der Waals surface area (Å²) in [6, 6.07) is 11.3. The third-order valence-electron chi connectivity index (χ3n) is 3.44. The molecule has 0 saturated heterocycles. The molecule has 7 nitrogen and oxygen atoms in total. The number of carbonyl (C=O) groups is 1. The zero-order valence-electron chi connectivity index (χ0n) is 12.4. The number of amides is 1. The molecule has 0 radical (unpaired) electrons. The van der Waals surface area contributed by atoms with E-state index in [2.05, 4.69) is 15.3 Å². The van der Waals surface area contributed by atoms with E-state index in [9.17, 15) is 14.9 Å². The first-order chi connectivity index (χ1) is 11.0. The molecule has 0 bridgehead atoms. The summed E-state index contributed by atoms with van der Waals surface area (Å²) >= 11 is 0. The number of fused-ring (bicyclic) bond motifs is 1. The molecule has 0 aliphatic carbocycles. The van der Waals surface area contributed by atoms with Crippen LogP contribution in [0.1, 0.15) is 21.7 Å². The molecule has 0 aliphatic heterocycles. The number of hydrogen-bond donors (Lipinski definition) is 2. The van der Waals surface area contributed by atoms with Gasteiger partial charge in [0.25, 0.3) is 11.6 Å². The summed E-state index contributed by atoms with van der Waals surface area (Å²) in [5.74, 6) is 0.345. The Labute approximate surface area is 131 Å². The van der Waals surface area contributed by atoms with Crippen LogP contribution in [0.3, 0.4) is 0 Å². The molecule has 1 aromatic heterocycles. The van der Waals surface area contributed by atoms with Gasteiger partial charge in [-0.2, -0.15) is 0 Å². The maximum atomic E-state index is 12.0. The zero-order valence-corrected chi connectivity index (χ0v) is 12.4. The fraction of sp³-hybridized carbons (Fsp3) is 0.125. The van der Waals surface area contributed by atoms with Crippen molar-refractivity contribution in [2.24, 2.45) is 0 Å². The quantitative estimate of drug-likeness (QED) is 0.571. The molecular formula is C16H14N4O3. The molecule has 0 atom stereocenters. The van der Waals surface area contributed by atoms with E-state index < -0.39 is 4.92 Å². The van der Waals surface area contributed by atoms with Gasteiger partial charge in [0.05, 0.1) is 22.5 Å². The van der Waals surface area contributed by atoms with Gasteiger partial charge in [0.1, 0.15) is 5.82 Å². The van der Waals surface area contributed by atoms with Crippen LogP contribution in [0.5, 0.6) is 0 Å². The highest BCUT2D eigenvalue weighted by atomic mass is 16.6. The van der Waals surface area contributed by atoms with Gasteiger partial charge in [0.15, 0.2) is 0 Å². The lowest BCUT2D eigenvalue weighted by Gasteiger charge is -2.03. The predicted molar refractivity (Wildman–Crippen MR) is 85.1 cm³/mol. The number of imidazole rings is 1. The standard InChI is InChI=1S/C16H14N4O3/c1-10-2-7-13-14(8-10)19-15(18-13)9-17-16(21)11-3-5-12(6-4-11)20(22)23/h2-8H,9H2,1H3,(H,17,21)(H,18,19). The van der Waals surface area contributed by atoms with Crippen molar-refractivity contribution in [1.29, 1.82) is 0 Å². The lowest BCUT2D eigenvalue weighted by Crippen LogP contribution is -2.23. The molecule has 0 saturated carbocycles. The minimum Gasteiger partial charge on any atom is -0.345 e. The highest BCUT2D eigenvalue weighted by Crippen LogP contribution is 2.14. The van der Waals surface area contributed by atoms with E-state index >= 15 is 0 Å². The number of non-ortho nitro benzene ring substituents is 1. The minimum atomic E-state index is -0.502. The summed E-state index contributed by atoms with van der Waals surface area (Å²) in [4.78, 5) is 29.7. The van der Waals surface area contributed by atoms with Crippen molar-refractivity contribution in [2.75, 3.05) is 0 Å². The van der Waals surface area contributed by atoms with E-state index in [1.807, 2.05) is 25.1 Å². The summed E-state index contributed by atoms with van der Waals surface area (Å²) < 4.78 is 0. The Morgan fingerprint density at radius 3 is 2.70 bits per heavy atom. The van der Waals surface area contributed by atoms with Crippen LogP contribution in [-0.4, -0.2) is 20.8 Å². The number of aromatic nitrogens is 2. The number of aryl methyl sites for hydroxylation is 1. The van der Waals surface area contributed by atoms with E-state index in [0.29, 0.717) is 11.4 Å². The van der Waals surface area contributed by atoms with Crippen molar-refractivity contribution in [3.63, 3.8) is 0 Å². The molecule has 0 aliphatic rings.